The average molecular weight is 286 g/mol. The normalized spacial score (nSPS) is 13.9. The molecule has 2 aromatic rings. The Labute approximate surface area is 121 Å². The first kappa shape index (κ1) is 13.1. The Morgan fingerprint density at radius 3 is 3.00 bits per heavy atom. The van der Waals surface area contributed by atoms with Crippen molar-refractivity contribution >= 4 is 17.7 Å². The molecule has 1 aliphatic rings. The summed E-state index contributed by atoms with van der Waals surface area (Å²) in [7, 11) is 0. The lowest BCUT2D eigenvalue weighted by Gasteiger charge is -2.27. The van der Waals surface area contributed by atoms with E-state index in [0.717, 1.165) is 29.1 Å². The molecule has 0 atom stereocenters. The zero-order valence-corrected chi connectivity index (χ0v) is 11.7. The molecule has 0 aliphatic carbocycles. The molecule has 0 saturated carbocycles. The third-order valence-corrected chi connectivity index (χ3v) is 4.22. The number of rotatable bonds is 3. The van der Waals surface area contributed by atoms with Gasteiger partial charge >= 0.3 is 0 Å². The van der Waals surface area contributed by atoms with Gasteiger partial charge in [-0.15, -0.1) is 11.8 Å². The molecule has 0 radical (unpaired) electrons. The molecule has 5 nitrogen and oxygen atoms in total. The molecule has 0 fully saturated rings. The van der Waals surface area contributed by atoms with Crippen LogP contribution in [0.2, 0.25) is 0 Å². The Balaban J connectivity index is 1.59. The van der Waals surface area contributed by atoms with Crippen molar-refractivity contribution in [2.24, 2.45) is 0 Å². The first-order valence-electron chi connectivity index (χ1n) is 6.41. The number of thioether (sulfide) groups is 1. The van der Waals surface area contributed by atoms with Crippen molar-refractivity contribution in [3.05, 3.63) is 48.3 Å². The molecule has 0 spiro atoms. The summed E-state index contributed by atoms with van der Waals surface area (Å²) in [4.78, 5) is 27.4. The number of pyridine rings is 1. The van der Waals surface area contributed by atoms with Crippen LogP contribution in [0.4, 0.5) is 0 Å². The fourth-order valence-electron chi connectivity index (χ4n) is 2.15. The molecule has 20 heavy (non-hydrogen) atoms. The lowest BCUT2D eigenvalue weighted by atomic mass is 10.1. The molecule has 0 bridgehead atoms. The SMILES string of the molecule is O=C(CSc1ccncc1)N1CCc2ncncc2C1. The topological polar surface area (TPSA) is 59.0 Å². The minimum absolute atomic E-state index is 0.154. The molecular formula is C14H14N4OS. The minimum Gasteiger partial charge on any atom is -0.337 e. The molecule has 3 rings (SSSR count). The Bertz CT molecular complexity index is 605. The fraction of sp³-hybridized carbons (Fsp3) is 0.286. The molecule has 6 heteroatoms. The molecule has 1 aliphatic heterocycles. The molecule has 3 heterocycles. The monoisotopic (exact) mass is 286 g/mol. The minimum atomic E-state index is 0.154. The number of carbonyl (C=O) groups excluding carboxylic acids is 1. The maximum absolute atomic E-state index is 12.2. The van der Waals surface area contributed by atoms with E-state index in [1.165, 1.54) is 0 Å². The number of amides is 1. The number of fused-ring (bicyclic) bond motifs is 1. The fourth-order valence-corrected chi connectivity index (χ4v) is 2.94. The van der Waals surface area contributed by atoms with E-state index >= 15 is 0 Å². The van der Waals surface area contributed by atoms with Crippen LogP contribution in [0, 0.1) is 0 Å². The van der Waals surface area contributed by atoms with Crippen LogP contribution < -0.4 is 0 Å². The Morgan fingerprint density at radius 1 is 1.30 bits per heavy atom. The second-order valence-electron chi connectivity index (χ2n) is 4.53. The quantitative estimate of drug-likeness (QED) is 0.801. The van der Waals surface area contributed by atoms with Gasteiger partial charge in [0.25, 0.3) is 0 Å². The van der Waals surface area contributed by atoms with Crippen molar-refractivity contribution in [1.82, 2.24) is 19.9 Å². The summed E-state index contributed by atoms with van der Waals surface area (Å²) in [5.74, 6) is 0.605. The Morgan fingerprint density at radius 2 is 2.15 bits per heavy atom. The number of hydrogen-bond acceptors (Lipinski definition) is 5. The van der Waals surface area contributed by atoms with E-state index in [9.17, 15) is 4.79 Å². The molecule has 0 saturated heterocycles. The standard InChI is InChI=1S/C14H14N4OS/c19-14(9-20-12-1-4-15-5-2-12)18-6-3-13-11(8-18)7-16-10-17-13/h1-2,4-5,7,10H,3,6,8-9H2. The first-order valence-corrected chi connectivity index (χ1v) is 7.40. The van der Waals surface area contributed by atoms with Crippen molar-refractivity contribution < 1.29 is 4.79 Å². The van der Waals surface area contributed by atoms with Crippen molar-refractivity contribution in [3.63, 3.8) is 0 Å². The highest BCUT2D eigenvalue weighted by Crippen LogP contribution is 2.20. The summed E-state index contributed by atoms with van der Waals surface area (Å²) in [6.45, 7) is 1.35. The number of nitrogens with zero attached hydrogens (tertiary/aromatic N) is 4. The van der Waals surface area contributed by atoms with E-state index in [2.05, 4.69) is 15.0 Å². The van der Waals surface area contributed by atoms with Gasteiger partial charge in [0.15, 0.2) is 0 Å². The molecule has 0 aromatic carbocycles. The summed E-state index contributed by atoms with van der Waals surface area (Å²) < 4.78 is 0. The van der Waals surface area contributed by atoms with Crippen LogP contribution in [0.15, 0.2) is 41.9 Å². The van der Waals surface area contributed by atoms with Crippen molar-refractivity contribution in [2.75, 3.05) is 12.3 Å². The average Bonchev–Trinajstić information content (AvgIpc) is 2.53. The van der Waals surface area contributed by atoms with E-state index in [1.807, 2.05) is 17.0 Å². The zero-order chi connectivity index (χ0) is 13.8. The summed E-state index contributed by atoms with van der Waals surface area (Å²) in [6, 6.07) is 3.83. The van der Waals surface area contributed by atoms with Crippen LogP contribution in [-0.2, 0) is 17.8 Å². The largest absolute Gasteiger partial charge is 0.337 e. The number of aromatic nitrogens is 3. The summed E-state index contributed by atoms with van der Waals surface area (Å²) in [5.41, 5.74) is 2.12. The van der Waals surface area contributed by atoms with Crippen LogP contribution in [0.5, 0.6) is 0 Å². The maximum atomic E-state index is 12.2. The number of carbonyl (C=O) groups is 1. The van der Waals surface area contributed by atoms with Crippen LogP contribution in [0.3, 0.4) is 0 Å². The summed E-state index contributed by atoms with van der Waals surface area (Å²) in [6.07, 6.45) is 7.65. The molecule has 0 N–H and O–H groups in total. The van der Waals surface area contributed by atoms with Gasteiger partial charge in [0.05, 0.1) is 11.4 Å². The zero-order valence-electron chi connectivity index (χ0n) is 10.9. The van der Waals surface area contributed by atoms with E-state index in [-0.39, 0.29) is 5.91 Å². The van der Waals surface area contributed by atoms with E-state index in [0.29, 0.717) is 12.3 Å². The van der Waals surface area contributed by atoms with Crippen molar-refractivity contribution in [3.8, 4) is 0 Å². The second kappa shape index (κ2) is 6.00. The van der Waals surface area contributed by atoms with Crippen LogP contribution in [0.1, 0.15) is 11.3 Å². The first-order chi connectivity index (χ1) is 9.83. The van der Waals surface area contributed by atoms with Crippen LogP contribution >= 0.6 is 11.8 Å². The van der Waals surface area contributed by atoms with Gasteiger partial charge in [-0.3, -0.25) is 9.78 Å². The Kier molecular flexibility index (Phi) is 3.92. The van der Waals surface area contributed by atoms with Crippen molar-refractivity contribution in [2.45, 2.75) is 17.9 Å². The van der Waals surface area contributed by atoms with E-state index in [1.54, 1.807) is 36.7 Å². The number of hydrogen-bond donors (Lipinski definition) is 0. The molecule has 2 aromatic heterocycles. The molecule has 0 unspecified atom stereocenters. The highest BCUT2D eigenvalue weighted by molar-refractivity contribution is 8.00. The summed E-state index contributed by atoms with van der Waals surface area (Å²) in [5, 5.41) is 0. The van der Waals surface area contributed by atoms with Gasteiger partial charge in [-0.25, -0.2) is 9.97 Å². The van der Waals surface area contributed by atoms with Gasteiger partial charge in [0.1, 0.15) is 6.33 Å². The van der Waals surface area contributed by atoms with E-state index in [4.69, 9.17) is 0 Å². The lowest BCUT2D eigenvalue weighted by Crippen LogP contribution is -2.37. The van der Waals surface area contributed by atoms with Crippen LogP contribution in [0.25, 0.3) is 0 Å². The third-order valence-electron chi connectivity index (χ3n) is 3.23. The second-order valence-corrected chi connectivity index (χ2v) is 5.58. The highest BCUT2D eigenvalue weighted by Gasteiger charge is 2.21. The lowest BCUT2D eigenvalue weighted by molar-refractivity contribution is -0.129. The van der Waals surface area contributed by atoms with Gasteiger partial charge in [-0.05, 0) is 12.1 Å². The smallest absolute Gasteiger partial charge is 0.233 e. The molecule has 1 amide bonds. The molecule has 102 valence electrons. The predicted octanol–water partition coefficient (Wildman–Crippen LogP) is 1.55. The van der Waals surface area contributed by atoms with Gasteiger partial charge < -0.3 is 4.90 Å². The van der Waals surface area contributed by atoms with Gasteiger partial charge in [-0.2, -0.15) is 0 Å². The predicted molar refractivity (Wildman–Crippen MR) is 76.1 cm³/mol. The van der Waals surface area contributed by atoms with Crippen molar-refractivity contribution in [1.29, 1.82) is 0 Å². The van der Waals surface area contributed by atoms with Crippen LogP contribution in [-0.4, -0.2) is 38.1 Å². The van der Waals surface area contributed by atoms with Gasteiger partial charge in [0, 0.05) is 48.6 Å². The Hall–Kier alpha value is -1.95. The van der Waals surface area contributed by atoms with Gasteiger partial charge in [0.2, 0.25) is 5.91 Å². The maximum Gasteiger partial charge on any atom is 0.233 e. The third kappa shape index (κ3) is 2.96. The molecular weight excluding hydrogens is 272 g/mol. The highest BCUT2D eigenvalue weighted by atomic mass is 32.2. The van der Waals surface area contributed by atoms with E-state index < -0.39 is 0 Å². The van der Waals surface area contributed by atoms with Gasteiger partial charge in [-0.1, -0.05) is 0 Å². The summed E-state index contributed by atoms with van der Waals surface area (Å²) >= 11 is 1.54.